The highest BCUT2D eigenvalue weighted by molar-refractivity contribution is 8.01. The van der Waals surface area contributed by atoms with E-state index in [1.807, 2.05) is 13.0 Å². The van der Waals surface area contributed by atoms with Crippen LogP contribution in [0.15, 0.2) is 57.5 Å². The maximum atomic E-state index is 13.0. The van der Waals surface area contributed by atoms with Crippen LogP contribution in [0.25, 0.3) is 5.65 Å². The molecule has 1 saturated heterocycles. The summed E-state index contributed by atoms with van der Waals surface area (Å²) in [6.07, 6.45) is -1.48. The number of thioether (sulfide) groups is 2. The van der Waals surface area contributed by atoms with Gasteiger partial charge >= 0.3 is 17.6 Å². The van der Waals surface area contributed by atoms with Crippen LogP contribution in [0.2, 0.25) is 0 Å². The van der Waals surface area contributed by atoms with Crippen molar-refractivity contribution in [3.05, 3.63) is 69.3 Å². The number of nitrogens with zero attached hydrogens (tertiary/aromatic N) is 5. The first-order chi connectivity index (χ1) is 19.0. The molecule has 4 heterocycles. The molecule has 3 atom stereocenters. The molecule has 0 bridgehead atoms. The van der Waals surface area contributed by atoms with Gasteiger partial charge in [-0.25, -0.2) is 9.59 Å². The molecular formula is C24H22N6O8S2. The number of carbonyl (C=O) groups excluding carboxylic acids is 2. The quantitative estimate of drug-likeness (QED) is 0.191. The predicted molar refractivity (Wildman–Crippen MR) is 141 cm³/mol. The van der Waals surface area contributed by atoms with Crippen LogP contribution in [0.1, 0.15) is 17.2 Å². The van der Waals surface area contributed by atoms with Gasteiger partial charge in [0, 0.05) is 11.5 Å². The number of β-lactam (4-membered cyclic amide) rings is 1. The minimum atomic E-state index is -1.48. The number of aromatic nitrogens is 4. The summed E-state index contributed by atoms with van der Waals surface area (Å²) < 4.78 is 1.73. The van der Waals surface area contributed by atoms with Crippen LogP contribution in [0, 0.1) is 6.92 Å². The molecule has 208 valence electrons. The predicted octanol–water partition coefficient (Wildman–Crippen LogP) is -0.152. The molecule has 0 radical (unpaired) electrons. The number of aliphatic hydroxyl groups excluding tert-OH is 1. The zero-order chi connectivity index (χ0) is 28.7. The van der Waals surface area contributed by atoms with Gasteiger partial charge in [0.15, 0.2) is 11.8 Å². The highest BCUT2D eigenvalue weighted by Gasteiger charge is 2.54. The van der Waals surface area contributed by atoms with Gasteiger partial charge in [0.2, 0.25) is 0 Å². The Bertz CT molecular complexity index is 1650. The fraction of sp³-hybridized carbons (Fsp3) is 0.292. The van der Waals surface area contributed by atoms with Crippen molar-refractivity contribution in [1.82, 2.24) is 29.6 Å². The minimum absolute atomic E-state index is 0.144. The summed E-state index contributed by atoms with van der Waals surface area (Å²) in [6.45, 7) is 1.20. The molecule has 1 unspecified atom stereocenters. The molecule has 1 aromatic carbocycles. The fourth-order valence-electron chi connectivity index (χ4n) is 4.38. The summed E-state index contributed by atoms with van der Waals surface area (Å²) in [5.41, 5.74) is 0.935. The molecule has 5 rings (SSSR count). The second-order valence-corrected chi connectivity index (χ2v) is 11.1. The second kappa shape index (κ2) is 10.8. The van der Waals surface area contributed by atoms with E-state index in [0.717, 1.165) is 31.4 Å². The van der Waals surface area contributed by atoms with Gasteiger partial charge in [-0.05, 0) is 30.2 Å². The topological polar surface area (TPSA) is 196 Å². The van der Waals surface area contributed by atoms with Crippen molar-refractivity contribution in [3.63, 3.8) is 0 Å². The molecule has 4 N–H and O–H groups in total. The molecule has 14 nitrogen and oxygen atoms in total. The van der Waals surface area contributed by atoms with Crippen LogP contribution in [-0.4, -0.2) is 86.3 Å². The van der Waals surface area contributed by atoms with Gasteiger partial charge < -0.3 is 20.6 Å². The van der Waals surface area contributed by atoms with E-state index in [1.54, 1.807) is 24.3 Å². The highest BCUT2D eigenvalue weighted by atomic mass is 32.2. The van der Waals surface area contributed by atoms with Crippen molar-refractivity contribution in [2.45, 2.75) is 36.0 Å². The Balaban J connectivity index is 1.29. The summed E-state index contributed by atoms with van der Waals surface area (Å²) in [5, 5.41) is 39.6. The van der Waals surface area contributed by atoms with Gasteiger partial charge in [0.1, 0.15) is 28.7 Å². The molecule has 2 aromatic heterocycles. The Labute approximate surface area is 233 Å². The number of nitrogens with one attached hydrogen (secondary N) is 1. The first-order valence-corrected chi connectivity index (χ1v) is 13.8. The Morgan fingerprint density at radius 1 is 1.18 bits per heavy atom. The molecule has 2 amide bonds. The van der Waals surface area contributed by atoms with E-state index in [9.17, 15) is 34.2 Å². The van der Waals surface area contributed by atoms with Crippen molar-refractivity contribution < 1.29 is 34.5 Å². The lowest BCUT2D eigenvalue weighted by atomic mass is 10.0. The summed E-state index contributed by atoms with van der Waals surface area (Å²) in [6, 6.07) is 8.85. The number of carboxylic acid groups (broad SMARTS) is 2. The minimum Gasteiger partial charge on any atom is -0.480 e. The summed E-state index contributed by atoms with van der Waals surface area (Å²) in [4.78, 5) is 62.2. The van der Waals surface area contributed by atoms with Crippen LogP contribution in [0.4, 0.5) is 0 Å². The lowest BCUT2D eigenvalue weighted by Gasteiger charge is -2.49. The summed E-state index contributed by atoms with van der Waals surface area (Å²) in [5.74, 6) is -3.48. The number of aryl methyl sites for hydroxylation is 1. The van der Waals surface area contributed by atoms with Crippen LogP contribution in [-0.2, 0) is 25.7 Å². The first-order valence-electron chi connectivity index (χ1n) is 11.8. The SMILES string of the molecule is Cc1cccc([C@@H](O)C(=O)NC2C(=O)N3C(C(=O)O)=C(CSc4ccc5nn(CC(=O)O)c(=O)n5n4)CS[C@H]23)c1. The lowest BCUT2D eigenvalue weighted by molar-refractivity contribution is -0.151. The highest BCUT2D eigenvalue weighted by Crippen LogP contribution is 2.41. The molecule has 2 aliphatic heterocycles. The summed E-state index contributed by atoms with van der Waals surface area (Å²) in [7, 11) is 0. The van der Waals surface area contributed by atoms with Crippen LogP contribution in [0.5, 0.6) is 0 Å². The average Bonchev–Trinajstić information content (AvgIpc) is 3.22. The number of aliphatic hydroxyl groups is 1. The third kappa shape index (κ3) is 5.07. The van der Waals surface area contributed by atoms with Crippen molar-refractivity contribution >= 4 is 52.9 Å². The molecule has 40 heavy (non-hydrogen) atoms. The molecular weight excluding hydrogens is 564 g/mol. The third-order valence-corrected chi connectivity index (χ3v) is 8.59. The lowest BCUT2D eigenvalue weighted by Crippen LogP contribution is -2.70. The van der Waals surface area contributed by atoms with Gasteiger partial charge in [-0.3, -0.25) is 19.3 Å². The Morgan fingerprint density at radius 2 is 1.95 bits per heavy atom. The van der Waals surface area contributed by atoms with E-state index >= 15 is 0 Å². The smallest absolute Gasteiger partial charge is 0.367 e. The molecule has 3 aromatic rings. The Hall–Kier alpha value is -4.15. The van der Waals surface area contributed by atoms with E-state index < -0.39 is 53.5 Å². The normalized spacial score (nSPS) is 19.2. The number of benzene rings is 1. The van der Waals surface area contributed by atoms with Crippen LogP contribution < -0.4 is 11.0 Å². The average molecular weight is 587 g/mol. The standard InChI is InChI=1S/C24H22N6O8S2/c1-11-3-2-4-12(7-11)19(33)20(34)25-17-21(35)29-18(23(36)37)13(10-40-22(17)29)9-39-15-6-5-14-26-28(8-16(31)32)24(38)30(14)27-15/h2-7,17,19,22,33H,8-10H2,1H3,(H,25,34)(H,31,32)(H,36,37)/t17?,19-,22-/m1/s1. The molecule has 2 aliphatic rings. The molecule has 1 fully saturated rings. The van der Waals surface area contributed by atoms with Crippen molar-refractivity contribution in [2.24, 2.45) is 0 Å². The van der Waals surface area contributed by atoms with E-state index in [-0.39, 0.29) is 22.8 Å². The number of carbonyl (C=O) groups is 4. The fourth-order valence-corrected chi connectivity index (χ4v) is 6.72. The number of hydrogen-bond donors (Lipinski definition) is 4. The number of amides is 2. The Morgan fingerprint density at radius 3 is 2.65 bits per heavy atom. The zero-order valence-electron chi connectivity index (χ0n) is 20.8. The number of aliphatic carboxylic acids is 2. The van der Waals surface area contributed by atoms with Crippen molar-refractivity contribution in [3.8, 4) is 0 Å². The van der Waals surface area contributed by atoms with Gasteiger partial charge in [-0.1, -0.05) is 29.8 Å². The largest absolute Gasteiger partial charge is 0.480 e. The first kappa shape index (κ1) is 27.4. The van der Waals surface area contributed by atoms with Gasteiger partial charge in [-0.15, -0.1) is 28.6 Å². The molecule has 16 heteroatoms. The van der Waals surface area contributed by atoms with Gasteiger partial charge in [-0.2, -0.15) is 14.3 Å². The summed E-state index contributed by atoms with van der Waals surface area (Å²) >= 11 is 2.42. The zero-order valence-corrected chi connectivity index (χ0v) is 22.4. The van der Waals surface area contributed by atoms with Crippen molar-refractivity contribution in [2.75, 3.05) is 11.5 Å². The molecule has 0 aliphatic carbocycles. The third-order valence-electron chi connectivity index (χ3n) is 6.25. The number of carboxylic acids is 2. The van der Waals surface area contributed by atoms with Gasteiger partial charge in [0.25, 0.3) is 11.8 Å². The second-order valence-electron chi connectivity index (χ2n) is 9.03. The van der Waals surface area contributed by atoms with Crippen molar-refractivity contribution in [1.29, 1.82) is 0 Å². The van der Waals surface area contributed by atoms with Crippen LogP contribution >= 0.6 is 23.5 Å². The van der Waals surface area contributed by atoms with Gasteiger partial charge in [0.05, 0.1) is 0 Å². The maximum Gasteiger partial charge on any atom is 0.367 e. The van der Waals surface area contributed by atoms with E-state index in [2.05, 4.69) is 15.5 Å². The van der Waals surface area contributed by atoms with E-state index in [4.69, 9.17) is 5.11 Å². The number of fused-ring (bicyclic) bond motifs is 2. The number of rotatable bonds is 9. The monoisotopic (exact) mass is 586 g/mol. The van der Waals surface area contributed by atoms with E-state index in [1.165, 1.54) is 17.8 Å². The maximum absolute atomic E-state index is 13.0. The van der Waals surface area contributed by atoms with E-state index in [0.29, 0.717) is 16.2 Å². The van der Waals surface area contributed by atoms with Crippen LogP contribution in [0.3, 0.4) is 0 Å². The molecule has 0 spiro atoms. The number of hydrogen-bond acceptors (Lipinski definition) is 10. The Kier molecular flexibility index (Phi) is 7.39. The molecule has 0 saturated carbocycles.